The molecule has 0 aromatic rings. The first-order valence-corrected chi connectivity index (χ1v) is 9.53. The van der Waals surface area contributed by atoms with Gasteiger partial charge in [0.1, 0.15) is 0 Å². The number of piperazine rings is 1. The molecule has 8 heteroatoms. The Morgan fingerprint density at radius 3 is 2.00 bits per heavy atom. The van der Waals surface area contributed by atoms with Crippen LogP contribution < -0.4 is 5.73 Å². The third-order valence-electron chi connectivity index (χ3n) is 5.42. The van der Waals surface area contributed by atoms with Gasteiger partial charge in [0.05, 0.1) is 0 Å². The van der Waals surface area contributed by atoms with E-state index in [1.807, 2.05) is 16.7 Å². The number of hydrogen-bond donors (Lipinski definition) is 1. The summed E-state index contributed by atoms with van der Waals surface area (Å²) in [6.07, 6.45) is 3.84. The van der Waals surface area contributed by atoms with Gasteiger partial charge in [0.25, 0.3) is 0 Å². The number of hydrogen-bond acceptors (Lipinski definition) is 4. The number of halogens is 2. The van der Waals surface area contributed by atoms with Crippen LogP contribution in [-0.4, -0.2) is 78.4 Å². The van der Waals surface area contributed by atoms with E-state index in [4.69, 9.17) is 5.73 Å². The van der Waals surface area contributed by atoms with Gasteiger partial charge in [-0.05, 0) is 38.6 Å². The zero-order chi connectivity index (χ0) is 17.5. The topological polar surface area (TPSA) is 69.9 Å². The number of piperidine rings is 1. The van der Waals surface area contributed by atoms with Crippen LogP contribution in [0.1, 0.15) is 46.0 Å². The Morgan fingerprint density at radius 2 is 1.50 bits per heavy atom. The number of amides is 2. The van der Waals surface area contributed by atoms with Gasteiger partial charge in [-0.15, -0.1) is 24.8 Å². The summed E-state index contributed by atoms with van der Waals surface area (Å²) in [4.78, 5) is 30.9. The predicted octanol–water partition coefficient (Wildman–Crippen LogP) is 1.75. The second-order valence-electron chi connectivity index (χ2n) is 7.36. The number of nitrogens with zero attached hydrogens (tertiary/aromatic N) is 3. The molecule has 0 saturated carbocycles. The Hall–Kier alpha value is -0.560. The second kappa shape index (κ2) is 12.8. The van der Waals surface area contributed by atoms with Gasteiger partial charge >= 0.3 is 0 Å². The molecule has 2 saturated heterocycles. The van der Waals surface area contributed by atoms with E-state index in [1.165, 1.54) is 0 Å². The molecule has 2 fully saturated rings. The summed E-state index contributed by atoms with van der Waals surface area (Å²) in [5, 5.41) is 0. The lowest BCUT2D eigenvalue weighted by Crippen LogP contribution is -2.49. The first kappa shape index (κ1) is 25.4. The van der Waals surface area contributed by atoms with Crippen LogP contribution in [0.5, 0.6) is 0 Å². The third kappa shape index (κ3) is 7.99. The molecule has 0 spiro atoms. The average molecular weight is 411 g/mol. The van der Waals surface area contributed by atoms with Crippen LogP contribution in [0.25, 0.3) is 0 Å². The number of carbonyl (C=O) groups is 2. The number of carbonyl (C=O) groups excluding carboxylic acids is 2. The smallest absolute Gasteiger partial charge is 0.222 e. The molecule has 2 N–H and O–H groups in total. The highest BCUT2D eigenvalue weighted by Crippen LogP contribution is 2.22. The zero-order valence-electron chi connectivity index (χ0n) is 16.2. The molecule has 26 heavy (non-hydrogen) atoms. The lowest BCUT2D eigenvalue weighted by Gasteiger charge is -2.36. The Balaban J connectivity index is 0.00000312. The molecule has 1 atom stereocenters. The highest BCUT2D eigenvalue weighted by molar-refractivity contribution is 5.85. The minimum Gasteiger partial charge on any atom is -0.343 e. The lowest BCUT2D eigenvalue weighted by molar-refractivity contribution is -0.135. The van der Waals surface area contributed by atoms with Crippen LogP contribution in [0, 0.1) is 5.92 Å². The largest absolute Gasteiger partial charge is 0.343 e. The monoisotopic (exact) mass is 410 g/mol. The highest BCUT2D eigenvalue weighted by Gasteiger charge is 2.27. The molecule has 1 unspecified atom stereocenters. The van der Waals surface area contributed by atoms with Crippen LogP contribution in [-0.2, 0) is 9.59 Å². The number of nitrogens with two attached hydrogens (primary N) is 1. The van der Waals surface area contributed by atoms with Crippen LogP contribution in [0.3, 0.4) is 0 Å². The van der Waals surface area contributed by atoms with E-state index < -0.39 is 0 Å². The predicted molar refractivity (Wildman–Crippen MR) is 110 cm³/mol. The SMILES string of the molecule is CCN1CCN(C(=O)CC2CCN(C(=O)CCC(C)N)CC2)CC1.Cl.Cl. The fraction of sp³-hybridized carbons (Fsp3) is 0.889. The van der Waals surface area contributed by atoms with Crippen molar-refractivity contribution in [2.75, 3.05) is 45.8 Å². The molecular weight excluding hydrogens is 375 g/mol. The van der Waals surface area contributed by atoms with Crippen molar-refractivity contribution in [2.24, 2.45) is 11.7 Å². The molecule has 0 aliphatic carbocycles. The number of rotatable bonds is 6. The summed E-state index contributed by atoms with van der Waals surface area (Å²) in [7, 11) is 0. The number of likely N-dealkylation sites (N-methyl/N-ethyl adjacent to an activating group) is 1. The van der Waals surface area contributed by atoms with Crippen molar-refractivity contribution in [3.63, 3.8) is 0 Å². The Labute approximate surface area is 170 Å². The zero-order valence-corrected chi connectivity index (χ0v) is 17.8. The molecule has 2 heterocycles. The molecule has 2 aliphatic heterocycles. The first-order valence-electron chi connectivity index (χ1n) is 9.53. The van der Waals surface area contributed by atoms with Gasteiger partial charge in [0.15, 0.2) is 0 Å². The van der Waals surface area contributed by atoms with Crippen molar-refractivity contribution in [2.45, 2.75) is 52.0 Å². The van der Waals surface area contributed by atoms with Crippen molar-refractivity contribution in [1.82, 2.24) is 14.7 Å². The van der Waals surface area contributed by atoms with Crippen molar-refractivity contribution in [3.8, 4) is 0 Å². The van der Waals surface area contributed by atoms with Crippen molar-refractivity contribution >= 4 is 36.6 Å². The highest BCUT2D eigenvalue weighted by atomic mass is 35.5. The van der Waals surface area contributed by atoms with E-state index >= 15 is 0 Å². The number of likely N-dealkylation sites (tertiary alicyclic amines) is 1. The molecule has 0 aromatic carbocycles. The summed E-state index contributed by atoms with van der Waals surface area (Å²) >= 11 is 0. The van der Waals surface area contributed by atoms with Gasteiger partial charge < -0.3 is 20.4 Å². The molecule has 0 aromatic heterocycles. The molecule has 2 rings (SSSR count). The quantitative estimate of drug-likeness (QED) is 0.723. The average Bonchev–Trinajstić information content (AvgIpc) is 2.60. The van der Waals surface area contributed by atoms with Gasteiger partial charge in [0.2, 0.25) is 11.8 Å². The summed E-state index contributed by atoms with van der Waals surface area (Å²) in [5.74, 6) is 0.944. The van der Waals surface area contributed by atoms with Gasteiger partial charge in [-0.25, -0.2) is 0 Å². The maximum atomic E-state index is 12.5. The van der Waals surface area contributed by atoms with E-state index in [2.05, 4.69) is 11.8 Å². The van der Waals surface area contributed by atoms with E-state index in [9.17, 15) is 9.59 Å². The molecule has 6 nitrogen and oxygen atoms in total. The molecule has 2 aliphatic rings. The van der Waals surface area contributed by atoms with E-state index in [1.54, 1.807) is 0 Å². The summed E-state index contributed by atoms with van der Waals surface area (Å²) in [6, 6.07) is 0.0808. The normalized spacial score (nSPS) is 20.1. The molecule has 0 radical (unpaired) electrons. The van der Waals surface area contributed by atoms with Crippen molar-refractivity contribution in [1.29, 1.82) is 0 Å². The minimum absolute atomic E-state index is 0. The Morgan fingerprint density at radius 1 is 0.962 bits per heavy atom. The van der Waals surface area contributed by atoms with Gasteiger partial charge in [-0.3, -0.25) is 9.59 Å². The second-order valence-corrected chi connectivity index (χ2v) is 7.36. The maximum absolute atomic E-state index is 12.5. The van der Waals surface area contributed by atoms with Crippen LogP contribution >= 0.6 is 24.8 Å². The molecule has 0 bridgehead atoms. The van der Waals surface area contributed by atoms with Gasteiger partial charge in [0, 0.05) is 58.2 Å². The Bertz CT molecular complexity index is 421. The summed E-state index contributed by atoms with van der Waals surface area (Å²) < 4.78 is 0. The van der Waals surface area contributed by atoms with Crippen molar-refractivity contribution < 1.29 is 9.59 Å². The van der Waals surface area contributed by atoms with Crippen LogP contribution in [0.2, 0.25) is 0 Å². The van der Waals surface area contributed by atoms with Crippen LogP contribution in [0.15, 0.2) is 0 Å². The fourth-order valence-electron chi connectivity index (χ4n) is 3.59. The molecule has 154 valence electrons. The van der Waals surface area contributed by atoms with E-state index in [-0.39, 0.29) is 36.8 Å². The van der Waals surface area contributed by atoms with Gasteiger partial charge in [-0.2, -0.15) is 0 Å². The lowest BCUT2D eigenvalue weighted by atomic mass is 9.92. The minimum atomic E-state index is 0. The van der Waals surface area contributed by atoms with Crippen LogP contribution in [0.4, 0.5) is 0 Å². The summed E-state index contributed by atoms with van der Waals surface area (Å²) in [6.45, 7) is 10.5. The first-order chi connectivity index (χ1) is 11.5. The van der Waals surface area contributed by atoms with Crippen molar-refractivity contribution in [3.05, 3.63) is 0 Å². The van der Waals surface area contributed by atoms with E-state index in [0.717, 1.165) is 65.1 Å². The third-order valence-corrected chi connectivity index (χ3v) is 5.42. The maximum Gasteiger partial charge on any atom is 0.222 e. The molecule has 2 amide bonds. The summed E-state index contributed by atoms with van der Waals surface area (Å²) in [5.41, 5.74) is 5.72. The standard InChI is InChI=1S/C18H34N4O2.2ClH/c1-3-20-10-12-22(13-11-20)18(24)14-16-6-8-21(9-7-16)17(23)5-4-15(2)19;;/h15-16H,3-14,19H2,1-2H3;2*1H. The molecular formula is C18H36Cl2N4O2. The van der Waals surface area contributed by atoms with Gasteiger partial charge in [-0.1, -0.05) is 6.92 Å². The fourth-order valence-corrected chi connectivity index (χ4v) is 3.59. The Kier molecular flexibility index (Phi) is 12.5. The van der Waals surface area contributed by atoms with E-state index in [0.29, 0.717) is 24.7 Å².